The van der Waals surface area contributed by atoms with Crippen LogP contribution in [0.15, 0.2) is 12.4 Å². The minimum Gasteiger partial charge on any atom is -0.394 e. The first-order valence-corrected chi connectivity index (χ1v) is 6.93. The monoisotopic (exact) mass is 264 g/mol. The maximum Gasteiger partial charge on any atom is 0.225 e. The predicted molar refractivity (Wildman–Crippen MR) is 76.1 cm³/mol. The third-order valence-corrected chi connectivity index (χ3v) is 3.36. The Bertz CT molecular complexity index is 399. The van der Waals surface area contributed by atoms with Gasteiger partial charge < -0.3 is 15.3 Å². The highest BCUT2D eigenvalue weighted by molar-refractivity contribution is 5.33. The molecule has 2 N–H and O–H groups in total. The van der Waals surface area contributed by atoms with Gasteiger partial charge in [0.15, 0.2) is 0 Å². The lowest BCUT2D eigenvalue weighted by Gasteiger charge is -2.23. The van der Waals surface area contributed by atoms with E-state index in [0.29, 0.717) is 0 Å². The van der Waals surface area contributed by atoms with Gasteiger partial charge in [0.25, 0.3) is 0 Å². The Hall–Kier alpha value is -1.20. The van der Waals surface area contributed by atoms with Crippen LogP contribution in [0.3, 0.4) is 0 Å². The molecule has 0 aromatic carbocycles. The molecule has 19 heavy (non-hydrogen) atoms. The zero-order chi connectivity index (χ0) is 13.9. The van der Waals surface area contributed by atoms with Gasteiger partial charge in [-0.25, -0.2) is 9.97 Å². The molecular weight excluding hydrogens is 240 g/mol. The van der Waals surface area contributed by atoms with Gasteiger partial charge in [0, 0.05) is 36.6 Å². The number of aromatic nitrogens is 2. The van der Waals surface area contributed by atoms with Crippen molar-refractivity contribution in [3.05, 3.63) is 18.0 Å². The Labute approximate surface area is 115 Å². The summed E-state index contributed by atoms with van der Waals surface area (Å²) in [6.45, 7) is 8.30. The highest BCUT2D eigenvalue weighted by Crippen LogP contribution is 2.21. The van der Waals surface area contributed by atoms with Crippen LogP contribution in [0.1, 0.15) is 39.2 Å². The summed E-state index contributed by atoms with van der Waals surface area (Å²) in [6, 6.07) is 0.179. The lowest BCUT2D eigenvalue weighted by molar-refractivity contribution is 0.265. The zero-order valence-electron chi connectivity index (χ0n) is 12.1. The van der Waals surface area contributed by atoms with Gasteiger partial charge in [0.1, 0.15) is 0 Å². The van der Waals surface area contributed by atoms with Crippen LogP contribution in [-0.2, 0) is 6.54 Å². The molecule has 5 nitrogen and oxygen atoms in total. The van der Waals surface area contributed by atoms with Crippen molar-refractivity contribution in [3.8, 4) is 0 Å². The van der Waals surface area contributed by atoms with Crippen molar-refractivity contribution in [1.29, 1.82) is 0 Å². The molecule has 0 spiro atoms. The molecule has 1 aliphatic heterocycles. The molecule has 2 heterocycles. The van der Waals surface area contributed by atoms with Crippen LogP contribution >= 0.6 is 0 Å². The van der Waals surface area contributed by atoms with Crippen molar-refractivity contribution in [3.63, 3.8) is 0 Å². The minimum atomic E-state index is 0.0929. The van der Waals surface area contributed by atoms with E-state index in [1.54, 1.807) is 0 Å². The van der Waals surface area contributed by atoms with Gasteiger partial charge >= 0.3 is 0 Å². The van der Waals surface area contributed by atoms with Crippen molar-refractivity contribution < 1.29 is 5.11 Å². The van der Waals surface area contributed by atoms with Gasteiger partial charge in [0.2, 0.25) is 5.95 Å². The summed E-state index contributed by atoms with van der Waals surface area (Å²) in [5.41, 5.74) is 1.17. The third-order valence-electron chi connectivity index (χ3n) is 3.36. The number of anilines is 1. The van der Waals surface area contributed by atoms with E-state index in [2.05, 4.69) is 41.0 Å². The first-order valence-electron chi connectivity index (χ1n) is 6.93. The van der Waals surface area contributed by atoms with Crippen LogP contribution in [0.5, 0.6) is 0 Å². The molecule has 1 unspecified atom stereocenters. The lowest BCUT2D eigenvalue weighted by Crippen LogP contribution is -2.35. The molecule has 1 aromatic rings. The number of nitrogens with one attached hydrogen (secondary N) is 1. The smallest absolute Gasteiger partial charge is 0.225 e. The fourth-order valence-corrected chi connectivity index (χ4v) is 2.24. The summed E-state index contributed by atoms with van der Waals surface area (Å²) in [5.74, 6) is 0.732. The SMILES string of the molecule is CC(C)(C)NCc1cnc(N2CCCC2CO)nc1. The maximum atomic E-state index is 9.32. The number of rotatable bonds is 4. The maximum absolute atomic E-state index is 9.32. The van der Waals surface area contributed by atoms with E-state index < -0.39 is 0 Å². The quantitative estimate of drug-likeness (QED) is 0.859. The van der Waals surface area contributed by atoms with Gasteiger partial charge in [-0.3, -0.25) is 0 Å². The second-order valence-electron chi connectivity index (χ2n) is 6.17. The topological polar surface area (TPSA) is 61.3 Å². The number of nitrogens with zero attached hydrogens (tertiary/aromatic N) is 3. The molecule has 1 atom stereocenters. The van der Waals surface area contributed by atoms with Crippen molar-refractivity contribution in [1.82, 2.24) is 15.3 Å². The van der Waals surface area contributed by atoms with Crippen LogP contribution in [0.4, 0.5) is 5.95 Å². The van der Waals surface area contributed by atoms with Crippen molar-refractivity contribution in [2.45, 2.75) is 51.7 Å². The second-order valence-corrected chi connectivity index (χ2v) is 6.17. The van der Waals surface area contributed by atoms with E-state index >= 15 is 0 Å². The van der Waals surface area contributed by atoms with Crippen LogP contribution in [0.2, 0.25) is 0 Å². The fraction of sp³-hybridized carbons (Fsp3) is 0.714. The molecular formula is C14H24N4O. The molecule has 106 valence electrons. The van der Waals surface area contributed by atoms with Crippen LogP contribution in [0, 0.1) is 0 Å². The first-order chi connectivity index (χ1) is 8.99. The predicted octanol–water partition coefficient (Wildman–Crippen LogP) is 1.33. The molecule has 1 saturated heterocycles. The van der Waals surface area contributed by atoms with E-state index in [1.807, 2.05) is 12.4 Å². The highest BCUT2D eigenvalue weighted by atomic mass is 16.3. The Morgan fingerprint density at radius 3 is 2.63 bits per heavy atom. The van der Waals surface area contributed by atoms with E-state index in [1.165, 1.54) is 0 Å². The molecule has 0 saturated carbocycles. The first kappa shape index (κ1) is 14.2. The Balaban J connectivity index is 1.98. The van der Waals surface area contributed by atoms with Crippen molar-refractivity contribution in [2.75, 3.05) is 18.1 Å². The molecule has 0 bridgehead atoms. The largest absolute Gasteiger partial charge is 0.394 e. The van der Waals surface area contributed by atoms with Crippen LogP contribution in [0.25, 0.3) is 0 Å². The molecule has 1 aliphatic rings. The molecule has 5 heteroatoms. The van der Waals surface area contributed by atoms with Gasteiger partial charge in [-0.2, -0.15) is 0 Å². The fourth-order valence-electron chi connectivity index (χ4n) is 2.24. The Morgan fingerprint density at radius 2 is 2.05 bits per heavy atom. The van der Waals surface area contributed by atoms with Gasteiger partial charge in [-0.1, -0.05) is 0 Å². The summed E-state index contributed by atoms with van der Waals surface area (Å²) >= 11 is 0. The van der Waals surface area contributed by atoms with Crippen molar-refractivity contribution >= 4 is 5.95 Å². The van der Waals surface area contributed by atoms with Crippen molar-refractivity contribution in [2.24, 2.45) is 0 Å². The third kappa shape index (κ3) is 3.88. The lowest BCUT2D eigenvalue weighted by atomic mass is 10.1. The Morgan fingerprint density at radius 1 is 1.37 bits per heavy atom. The summed E-state index contributed by atoms with van der Waals surface area (Å²) in [6.07, 6.45) is 5.86. The summed E-state index contributed by atoms with van der Waals surface area (Å²) in [7, 11) is 0. The highest BCUT2D eigenvalue weighted by Gasteiger charge is 2.25. The van der Waals surface area contributed by atoms with Gasteiger partial charge in [-0.15, -0.1) is 0 Å². The molecule has 0 amide bonds. The van der Waals surface area contributed by atoms with E-state index in [0.717, 1.165) is 37.4 Å². The average Bonchev–Trinajstić information content (AvgIpc) is 2.84. The van der Waals surface area contributed by atoms with Gasteiger partial charge in [0.05, 0.1) is 12.6 Å². The standard InChI is InChI=1S/C14H24N4O/c1-14(2,3)17-9-11-7-15-13(16-8-11)18-6-4-5-12(18)10-19/h7-8,12,17,19H,4-6,9-10H2,1-3H3. The van der Waals surface area contributed by atoms with Crippen LogP contribution < -0.4 is 10.2 Å². The van der Waals surface area contributed by atoms with Gasteiger partial charge in [-0.05, 0) is 33.6 Å². The molecule has 1 aromatic heterocycles. The molecule has 2 rings (SSSR count). The molecule has 1 fully saturated rings. The Kier molecular flexibility index (Phi) is 4.37. The number of hydrogen-bond acceptors (Lipinski definition) is 5. The molecule has 0 radical (unpaired) electrons. The second kappa shape index (κ2) is 5.84. The average molecular weight is 264 g/mol. The van der Waals surface area contributed by atoms with E-state index in [4.69, 9.17) is 0 Å². The summed E-state index contributed by atoms with van der Waals surface area (Å²) in [4.78, 5) is 10.9. The number of aliphatic hydroxyl groups is 1. The summed E-state index contributed by atoms with van der Waals surface area (Å²) < 4.78 is 0. The number of hydrogen-bond donors (Lipinski definition) is 2. The normalized spacial score (nSPS) is 20.0. The zero-order valence-corrected chi connectivity index (χ0v) is 12.1. The van der Waals surface area contributed by atoms with Crippen LogP contribution in [-0.4, -0.2) is 39.8 Å². The van der Waals surface area contributed by atoms with E-state index in [-0.39, 0.29) is 18.2 Å². The molecule has 0 aliphatic carbocycles. The van der Waals surface area contributed by atoms with E-state index in [9.17, 15) is 5.11 Å². The summed E-state index contributed by atoms with van der Waals surface area (Å²) in [5, 5.41) is 12.7. The minimum absolute atomic E-state index is 0.0929. The number of aliphatic hydroxyl groups excluding tert-OH is 1.